The molecule has 1 aromatic carbocycles. The number of fused-ring (bicyclic) bond motifs is 1. The summed E-state index contributed by atoms with van der Waals surface area (Å²) in [5, 5.41) is 0. The third-order valence-corrected chi connectivity index (χ3v) is 7.67. The number of likely N-dealkylation sites (tertiary alicyclic amines) is 1. The number of carbonyl (C=O) groups excluding carboxylic acids is 1. The SMILES string of the molecule is CN(C(=O)CSc1nc2ccccc2s1)C1CCN(CCc2ccccn2)CC1. The zero-order chi connectivity index (χ0) is 20.1. The summed E-state index contributed by atoms with van der Waals surface area (Å²) in [4.78, 5) is 26.1. The van der Waals surface area contributed by atoms with Crippen molar-refractivity contribution in [2.24, 2.45) is 0 Å². The van der Waals surface area contributed by atoms with Gasteiger partial charge >= 0.3 is 0 Å². The van der Waals surface area contributed by atoms with E-state index in [1.807, 2.05) is 48.5 Å². The van der Waals surface area contributed by atoms with Crippen LogP contribution in [0.15, 0.2) is 53.0 Å². The van der Waals surface area contributed by atoms with E-state index < -0.39 is 0 Å². The summed E-state index contributed by atoms with van der Waals surface area (Å²) in [6, 6.07) is 14.5. The highest BCUT2D eigenvalue weighted by atomic mass is 32.2. The van der Waals surface area contributed by atoms with Crippen molar-refractivity contribution in [2.45, 2.75) is 29.6 Å². The summed E-state index contributed by atoms with van der Waals surface area (Å²) in [5.41, 5.74) is 2.16. The van der Waals surface area contributed by atoms with Crippen LogP contribution in [0.1, 0.15) is 18.5 Å². The standard InChI is InChI=1S/C22H26N4OS2/c1-25(21(27)16-28-22-24-19-7-2-3-8-20(19)29-22)18-10-14-26(15-11-18)13-9-17-6-4-5-12-23-17/h2-8,12,18H,9-11,13-16H2,1H3. The van der Waals surface area contributed by atoms with Crippen molar-refractivity contribution in [1.82, 2.24) is 19.8 Å². The van der Waals surface area contributed by atoms with Gasteiger partial charge < -0.3 is 9.80 Å². The topological polar surface area (TPSA) is 49.3 Å². The molecule has 0 N–H and O–H groups in total. The first kappa shape index (κ1) is 20.3. The lowest BCUT2D eigenvalue weighted by atomic mass is 10.0. The van der Waals surface area contributed by atoms with Crippen molar-refractivity contribution in [1.29, 1.82) is 0 Å². The first-order valence-electron chi connectivity index (χ1n) is 10.1. The molecule has 1 fully saturated rings. The number of pyridine rings is 1. The zero-order valence-corrected chi connectivity index (χ0v) is 18.3. The molecule has 152 valence electrons. The highest BCUT2D eigenvalue weighted by Crippen LogP contribution is 2.29. The van der Waals surface area contributed by atoms with Crippen LogP contribution < -0.4 is 0 Å². The molecule has 0 radical (unpaired) electrons. The third kappa shape index (κ3) is 5.35. The fourth-order valence-corrected chi connectivity index (χ4v) is 5.68. The van der Waals surface area contributed by atoms with Crippen LogP contribution in [-0.4, -0.2) is 64.2 Å². The molecule has 0 saturated carbocycles. The van der Waals surface area contributed by atoms with E-state index in [-0.39, 0.29) is 5.91 Å². The van der Waals surface area contributed by atoms with Crippen LogP contribution in [0.5, 0.6) is 0 Å². The summed E-state index contributed by atoms with van der Waals surface area (Å²) < 4.78 is 2.14. The largest absolute Gasteiger partial charge is 0.342 e. The molecule has 29 heavy (non-hydrogen) atoms. The lowest BCUT2D eigenvalue weighted by molar-refractivity contribution is -0.129. The van der Waals surface area contributed by atoms with Gasteiger partial charge in [-0.3, -0.25) is 9.78 Å². The van der Waals surface area contributed by atoms with Crippen molar-refractivity contribution in [3.8, 4) is 0 Å². The molecule has 2 aromatic heterocycles. The van der Waals surface area contributed by atoms with Crippen molar-refractivity contribution in [3.63, 3.8) is 0 Å². The molecule has 0 atom stereocenters. The van der Waals surface area contributed by atoms with E-state index in [1.54, 1.807) is 23.1 Å². The van der Waals surface area contributed by atoms with Gasteiger partial charge in [0.15, 0.2) is 4.34 Å². The van der Waals surface area contributed by atoms with Gasteiger partial charge in [0, 0.05) is 51.0 Å². The van der Waals surface area contributed by atoms with Gasteiger partial charge in [-0.2, -0.15) is 0 Å². The predicted molar refractivity (Wildman–Crippen MR) is 121 cm³/mol. The average Bonchev–Trinajstić information content (AvgIpc) is 3.20. The van der Waals surface area contributed by atoms with Gasteiger partial charge in [-0.15, -0.1) is 11.3 Å². The van der Waals surface area contributed by atoms with Gasteiger partial charge in [-0.05, 0) is 37.1 Å². The monoisotopic (exact) mass is 426 g/mol. The van der Waals surface area contributed by atoms with Gasteiger partial charge in [0.2, 0.25) is 5.91 Å². The maximum Gasteiger partial charge on any atom is 0.233 e. The van der Waals surface area contributed by atoms with E-state index in [9.17, 15) is 4.79 Å². The zero-order valence-electron chi connectivity index (χ0n) is 16.7. The minimum absolute atomic E-state index is 0.196. The van der Waals surface area contributed by atoms with Crippen LogP contribution in [0.4, 0.5) is 0 Å². The fraction of sp³-hybridized carbons (Fsp3) is 0.409. The summed E-state index contributed by atoms with van der Waals surface area (Å²) in [5.74, 6) is 0.650. The maximum atomic E-state index is 12.7. The number of carbonyl (C=O) groups is 1. The fourth-order valence-electron chi connectivity index (χ4n) is 3.69. The van der Waals surface area contributed by atoms with Crippen LogP contribution in [0, 0.1) is 0 Å². The van der Waals surface area contributed by atoms with Crippen LogP contribution in [0.3, 0.4) is 0 Å². The number of rotatable bonds is 7. The second-order valence-electron chi connectivity index (χ2n) is 7.38. The quantitative estimate of drug-likeness (QED) is 0.536. The van der Waals surface area contributed by atoms with Crippen molar-refractivity contribution in [3.05, 3.63) is 54.4 Å². The normalized spacial score (nSPS) is 15.6. The minimum atomic E-state index is 0.196. The number of amides is 1. The number of hydrogen-bond donors (Lipinski definition) is 0. The number of aromatic nitrogens is 2. The molecule has 1 amide bonds. The Kier molecular flexibility index (Phi) is 6.79. The Morgan fingerprint density at radius 1 is 1.21 bits per heavy atom. The van der Waals surface area contributed by atoms with Gasteiger partial charge in [-0.1, -0.05) is 30.0 Å². The molecule has 0 bridgehead atoms. The molecule has 3 heterocycles. The number of hydrogen-bond acceptors (Lipinski definition) is 6. The van der Waals surface area contributed by atoms with Crippen LogP contribution in [0.25, 0.3) is 10.2 Å². The second-order valence-corrected chi connectivity index (χ2v) is 9.64. The highest BCUT2D eigenvalue weighted by molar-refractivity contribution is 8.01. The first-order valence-corrected chi connectivity index (χ1v) is 11.9. The Hall–Kier alpha value is -1.96. The van der Waals surface area contributed by atoms with Crippen LogP contribution in [0.2, 0.25) is 0 Å². The number of para-hydroxylation sites is 1. The molecule has 4 rings (SSSR count). The van der Waals surface area contributed by atoms with Crippen molar-refractivity contribution < 1.29 is 4.79 Å². The molecule has 1 aliphatic heterocycles. The minimum Gasteiger partial charge on any atom is -0.342 e. The Labute approximate surface area is 180 Å². The number of piperidine rings is 1. The summed E-state index contributed by atoms with van der Waals surface area (Å²) in [7, 11) is 1.95. The molecule has 1 aliphatic rings. The first-order chi connectivity index (χ1) is 14.2. The molecular formula is C22H26N4OS2. The Morgan fingerprint density at radius 3 is 2.76 bits per heavy atom. The molecule has 0 spiro atoms. The van der Waals surface area contributed by atoms with Crippen molar-refractivity contribution in [2.75, 3.05) is 32.4 Å². The number of thiazole rings is 1. The van der Waals surface area contributed by atoms with E-state index in [0.717, 1.165) is 54.4 Å². The number of thioether (sulfide) groups is 1. The van der Waals surface area contributed by atoms with E-state index in [2.05, 4.69) is 27.0 Å². The van der Waals surface area contributed by atoms with Crippen molar-refractivity contribution >= 4 is 39.2 Å². The summed E-state index contributed by atoms with van der Waals surface area (Å²) >= 11 is 3.21. The van der Waals surface area contributed by atoms with Crippen LogP contribution >= 0.6 is 23.1 Å². The third-order valence-electron chi connectivity index (χ3n) is 5.50. The second kappa shape index (κ2) is 9.69. The molecular weight excluding hydrogens is 400 g/mol. The molecule has 0 unspecified atom stereocenters. The Balaban J connectivity index is 1.21. The molecule has 3 aromatic rings. The molecule has 5 nitrogen and oxygen atoms in total. The lowest BCUT2D eigenvalue weighted by Gasteiger charge is -2.36. The van der Waals surface area contributed by atoms with Gasteiger partial charge in [0.25, 0.3) is 0 Å². The highest BCUT2D eigenvalue weighted by Gasteiger charge is 2.25. The molecule has 1 saturated heterocycles. The van der Waals surface area contributed by atoms with Crippen LogP contribution in [-0.2, 0) is 11.2 Å². The van der Waals surface area contributed by atoms with Gasteiger partial charge in [0.1, 0.15) is 0 Å². The van der Waals surface area contributed by atoms with E-state index in [4.69, 9.17) is 0 Å². The van der Waals surface area contributed by atoms with E-state index in [0.29, 0.717) is 11.8 Å². The Morgan fingerprint density at radius 2 is 2.00 bits per heavy atom. The Bertz CT molecular complexity index is 905. The van der Waals surface area contributed by atoms with E-state index >= 15 is 0 Å². The number of nitrogens with zero attached hydrogens (tertiary/aromatic N) is 4. The summed E-state index contributed by atoms with van der Waals surface area (Å²) in [6.07, 6.45) is 4.92. The summed E-state index contributed by atoms with van der Waals surface area (Å²) in [6.45, 7) is 3.12. The molecule has 7 heteroatoms. The lowest BCUT2D eigenvalue weighted by Crippen LogP contribution is -2.46. The van der Waals surface area contributed by atoms with Gasteiger partial charge in [-0.25, -0.2) is 4.98 Å². The predicted octanol–water partition coefficient (Wildman–Crippen LogP) is 3.95. The van der Waals surface area contributed by atoms with Gasteiger partial charge in [0.05, 0.1) is 16.0 Å². The maximum absolute atomic E-state index is 12.7. The average molecular weight is 427 g/mol. The number of benzene rings is 1. The smallest absolute Gasteiger partial charge is 0.233 e. The van der Waals surface area contributed by atoms with E-state index in [1.165, 1.54) is 4.70 Å². The molecule has 0 aliphatic carbocycles.